The number of likely N-dealkylation sites (tertiary alicyclic amines) is 2. The van der Waals surface area contributed by atoms with Crippen LogP contribution in [0.3, 0.4) is 0 Å². The summed E-state index contributed by atoms with van der Waals surface area (Å²) in [7, 11) is 2.26. The van der Waals surface area contributed by atoms with E-state index in [9.17, 15) is 0 Å². The summed E-state index contributed by atoms with van der Waals surface area (Å²) in [5.41, 5.74) is 0. The average Bonchev–Trinajstić information content (AvgIpc) is 2.72. The number of likely N-dealkylation sites (N-methyl/N-ethyl adjacent to an activating group) is 1. The van der Waals surface area contributed by atoms with Crippen molar-refractivity contribution in [1.29, 1.82) is 0 Å². The molecule has 4 aliphatic rings. The molecule has 2 unspecified atom stereocenters. The summed E-state index contributed by atoms with van der Waals surface area (Å²) in [4.78, 5) is 10.7. The number of nitrogens with zero attached hydrogens (tertiary/aromatic N) is 5. The van der Waals surface area contributed by atoms with Gasteiger partial charge in [0.2, 0.25) is 0 Å². The van der Waals surface area contributed by atoms with Gasteiger partial charge in [-0.25, -0.2) is 0 Å². The third-order valence-corrected chi connectivity index (χ3v) is 8.61. The van der Waals surface area contributed by atoms with Crippen molar-refractivity contribution >= 4 is 12.8 Å². The van der Waals surface area contributed by atoms with E-state index in [-0.39, 0.29) is 0 Å². The van der Waals surface area contributed by atoms with Crippen molar-refractivity contribution in [1.82, 2.24) is 23.9 Å². The third kappa shape index (κ3) is 7.08. The molecule has 4 saturated heterocycles. The highest BCUT2D eigenvalue weighted by atomic mass is 32.1. The number of piperidine rings is 3. The smallest absolute Gasteiger partial charge is 0.0128 e. The zero-order valence-corrected chi connectivity index (χ0v) is 20.6. The molecule has 0 aliphatic carbocycles. The normalized spacial score (nSPS) is 33.3. The Bertz CT molecular complexity index is 486. The number of rotatable bonds is 6. The Hall–Kier alpha value is 0.150. The number of hydrogen-bond acceptors (Lipinski definition) is 6. The van der Waals surface area contributed by atoms with Crippen LogP contribution in [-0.4, -0.2) is 116 Å². The molecule has 4 fully saturated rings. The lowest BCUT2D eigenvalue weighted by molar-refractivity contribution is 0.0823. The highest BCUT2D eigenvalue weighted by Crippen LogP contribution is 2.27. The van der Waals surface area contributed by atoms with E-state index in [1.54, 1.807) is 0 Å². The topological polar surface area (TPSA) is 16.2 Å². The predicted octanol–water partition coefficient (Wildman–Crippen LogP) is 2.46. The number of piperazine rings is 1. The third-order valence-electron chi connectivity index (χ3n) is 8.29. The van der Waals surface area contributed by atoms with Crippen molar-refractivity contribution in [2.45, 2.75) is 39.0 Å². The molecule has 4 aliphatic heterocycles. The summed E-state index contributed by atoms with van der Waals surface area (Å²) in [5.74, 6) is 3.50. The van der Waals surface area contributed by atoms with E-state index in [1.165, 1.54) is 111 Å². The minimum absolute atomic E-state index is 0.804. The zero-order valence-electron chi connectivity index (χ0n) is 19.7. The standard InChI is InChI=1S/C24H47N5S/c1-21-15-24(20-29(30)16-21)19-27-9-5-22(6-10-27)17-26-7-3-23(4-8-26)18-28-13-11-25(2)12-14-28/h21-24,30H,3-20H2,1-2H3. The van der Waals surface area contributed by atoms with Gasteiger partial charge < -0.3 is 19.6 Å². The van der Waals surface area contributed by atoms with E-state index in [0.717, 1.165) is 30.2 Å². The molecule has 0 bridgehead atoms. The van der Waals surface area contributed by atoms with Gasteiger partial charge >= 0.3 is 0 Å². The first-order chi connectivity index (χ1) is 14.5. The molecule has 0 radical (unpaired) electrons. The molecule has 0 saturated carbocycles. The second kappa shape index (κ2) is 11.3. The van der Waals surface area contributed by atoms with Gasteiger partial charge in [-0.2, -0.15) is 0 Å². The molecule has 30 heavy (non-hydrogen) atoms. The van der Waals surface area contributed by atoms with E-state index in [4.69, 9.17) is 0 Å². The molecule has 4 rings (SSSR count). The summed E-state index contributed by atoms with van der Waals surface area (Å²) in [6, 6.07) is 0. The lowest BCUT2D eigenvalue weighted by Gasteiger charge is -2.41. The van der Waals surface area contributed by atoms with Gasteiger partial charge in [-0.15, -0.1) is 0 Å². The lowest BCUT2D eigenvalue weighted by Crippen LogP contribution is -2.48. The summed E-state index contributed by atoms with van der Waals surface area (Å²) in [6.45, 7) is 19.1. The van der Waals surface area contributed by atoms with Crippen molar-refractivity contribution in [3.05, 3.63) is 0 Å². The van der Waals surface area contributed by atoms with Crippen LogP contribution in [0.25, 0.3) is 0 Å². The van der Waals surface area contributed by atoms with E-state index < -0.39 is 0 Å². The van der Waals surface area contributed by atoms with Crippen LogP contribution in [-0.2, 0) is 0 Å². The zero-order chi connectivity index (χ0) is 20.9. The quantitative estimate of drug-likeness (QED) is 0.641. The van der Waals surface area contributed by atoms with Crippen molar-refractivity contribution in [3.63, 3.8) is 0 Å². The van der Waals surface area contributed by atoms with Crippen LogP contribution in [0.1, 0.15) is 39.0 Å². The largest absolute Gasteiger partial charge is 0.304 e. The molecule has 0 aromatic heterocycles. The fraction of sp³-hybridized carbons (Fsp3) is 1.00. The predicted molar refractivity (Wildman–Crippen MR) is 130 cm³/mol. The maximum atomic E-state index is 4.64. The Balaban J connectivity index is 1.09. The summed E-state index contributed by atoms with van der Waals surface area (Å²) in [5, 5.41) is 0. The molecule has 0 aromatic rings. The van der Waals surface area contributed by atoms with Gasteiger partial charge in [0.1, 0.15) is 0 Å². The molecule has 174 valence electrons. The van der Waals surface area contributed by atoms with Gasteiger partial charge in [-0.3, -0.25) is 4.31 Å². The Morgan fingerprint density at radius 2 is 1.10 bits per heavy atom. The molecule has 0 amide bonds. The fourth-order valence-corrected chi connectivity index (χ4v) is 6.92. The maximum absolute atomic E-state index is 4.64. The monoisotopic (exact) mass is 437 g/mol. The van der Waals surface area contributed by atoms with Gasteiger partial charge in [0.05, 0.1) is 0 Å². The number of hydrogen-bond donors (Lipinski definition) is 1. The minimum atomic E-state index is 0.804. The van der Waals surface area contributed by atoms with Gasteiger partial charge in [-0.05, 0) is 89.0 Å². The van der Waals surface area contributed by atoms with Crippen LogP contribution in [0, 0.1) is 23.7 Å². The molecule has 2 atom stereocenters. The molecule has 4 heterocycles. The second-order valence-corrected chi connectivity index (χ2v) is 11.7. The molecular weight excluding hydrogens is 390 g/mol. The van der Waals surface area contributed by atoms with Gasteiger partial charge in [0.25, 0.3) is 0 Å². The van der Waals surface area contributed by atoms with E-state index >= 15 is 0 Å². The van der Waals surface area contributed by atoms with Crippen LogP contribution in [0.4, 0.5) is 0 Å². The fourth-order valence-electron chi connectivity index (χ4n) is 6.41. The van der Waals surface area contributed by atoms with E-state index in [0.29, 0.717) is 0 Å². The number of thiol groups is 1. The summed E-state index contributed by atoms with van der Waals surface area (Å²) in [6.07, 6.45) is 7.05. The Morgan fingerprint density at radius 1 is 0.633 bits per heavy atom. The van der Waals surface area contributed by atoms with Crippen molar-refractivity contribution in [3.8, 4) is 0 Å². The van der Waals surface area contributed by atoms with Gasteiger partial charge in [0.15, 0.2) is 0 Å². The van der Waals surface area contributed by atoms with E-state index in [1.807, 2.05) is 0 Å². The lowest BCUT2D eigenvalue weighted by atomic mass is 9.89. The minimum Gasteiger partial charge on any atom is -0.304 e. The Morgan fingerprint density at radius 3 is 1.60 bits per heavy atom. The summed E-state index contributed by atoms with van der Waals surface area (Å²) < 4.78 is 2.25. The molecule has 0 aromatic carbocycles. The average molecular weight is 438 g/mol. The highest BCUT2D eigenvalue weighted by molar-refractivity contribution is 7.77. The SMILES string of the molecule is CC1CC(CN2CCC(CN3CCC(CN4CCN(C)CC4)CC3)CC2)CN(S)C1. The maximum Gasteiger partial charge on any atom is 0.0128 e. The second-order valence-electron chi connectivity index (χ2n) is 11.2. The molecule has 6 heteroatoms. The molecule has 5 nitrogen and oxygen atoms in total. The van der Waals surface area contributed by atoms with Crippen molar-refractivity contribution in [2.75, 3.05) is 92.1 Å². The van der Waals surface area contributed by atoms with Crippen LogP contribution in [0.2, 0.25) is 0 Å². The van der Waals surface area contributed by atoms with Crippen molar-refractivity contribution in [2.24, 2.45) is 23.7 Å². The molecular formula is C24H47N5S. The van der Waals surface area contributed by atoms with Crippen LogP contribution >= 0.6 is 12.8 Å². The molecule has 0 N–H and O–H groups in total. The van der Waals surface area contributed by atoms with Crippen molar-refractivity contribution < 1.29 is 0 Å². The summed E-state index contributed by atoms with van der Waals surface area (Å²) >= 11 is 4.64. The van der Waals surface area contributed by atoms with Crippen LogP contribution in [0.15, 0.2) is 0 Å². The van der Waals surface area contributed by atoms with Gasteiger partial charge in [0, 0.05) is 58.9 Å². The first-order valence-electron chi connectivity index (χ1n) is 12.8. The van der Waals surface area contributed by atoms with Crippen LogP contribution in [0.5, 0.6) is 0 Å². The Kier molecular flexibility index (Phi) is 8.81. The van der Waals surface area contributed by atoms with Crippen LogP contribution < -0.4 is 0 Å². The first kappa shape index (κ1) is 23.3. The Labute approximate surface area is 191 Å². The highest BCUT2D eigenvalue weighted by Gasteiger charge is 2.29. The molecule has 0 spiro atoms. The first-order valence-corrected chi connectivity index (χ1v) is 13.2. The van der Waals surface area contributed by atoms with Gasteiger partial charge in [-0.1, -0.05) is 19.7 Å². The van der Waals surface area contributed by atoms with E-state index in [2.05, 4.69) is 50.7 Å².